The van der Waals surface area contributed by atoms with Crippen LogP contribution >= 0.6 is 0 Å². The average molecular weight is 359 g/mol. The van der Waals surface area contributed by atoms with E-state index in [1.807, 2.05) is 6.92 Å². The molecule has 0 aliphatic heterocycles. The lowest BCUT2D eigenvalue weighted by Crippen LogP contribution is -2.12. The Morgan fingerprint density at radius 2 is 1.79 bits per heavy atom. The number of ether oxygens (including phenoxy) is 2. The molecule has 0 aromatic heterocycles. The van der Waals surface area contributed by atoms with Crippen LogP contribution in [0.15, 0.2) is 24.3 Å². The molecule has 0 saturated carbocycles. The molecule has 0 unspecified atom stereocenters. The Hall–Kier alpha value is -1.64. The molecule has 0 radical (unpaired) electrons. The molecule has 1 aromatic rings. The van der Waals surface area contributed by atoms with Gasteiger partial charge in [-0.05, 0) is 37.6 Å². The molecule has 0 fully saturated rings. The topological polar surface area (TPSA) is 90.9 Å². The van der Waals surface area contributed by atoms with E-state index < -0.39 is 10.1 Å². The summed E-state index contributed by atoms with van der Waals surface area (Å²) in [4.78, 5) is 11.7. The monoisotopic (exact) mass is 359 g/mol. The molecule has 0 atom stereocenters. The summed E-state index contributed by atoms with van der Waals surface area (Å²) in [5.74, 6) is 0.588. The number of carbonyl (C=O) groups is 1. The average Bonchev–Trinajstić information content (AvgIpc) is 2.52. The summed E-state index contributed by atoms with van der Waals surface area (Å²) in [6.45, 7) is 3.60. The van der Waals surface area contributed by atoms with Gasteiger partial charge in [0.1, 0.15) is 5.75 Å². The van der Waals surface area contributed by atoms with Gasteiger partial charge in [-0.3, -0.25) is 8.98 Å². The van der Waals surface area contributed by atoms with E-state index in [0.29, 0.717) is 50.5 Å². The maximum atomic E-state index is 11.7. The number of amides is 1. The maximum absolute atomic E-state index is 11.7. The van der Waals surface area contributed by atoms with Crippen LogP contribution in [0.25, 0.3) is 0 Å². The summed E-state index contributed by atoms with van der Waals surface area (Å²) in [7, 11) is -3.40. The maximum Gasteiger partial charge on any atom is 0.264 e. The number of rotatable bonds is 12. The minimum Gasteiger partial charge on any atom is -0.494 e. The van der Waals surface area contributed by atoms with Gasteiger partial charge in [0.2, 0.25) is 5.91 Å². The molecule has 0 spiro atoms. The Labute approximate surface area is 143 Å². The smallest absolute Gasteiger partial charge is 0.264 e. The Morgan fingerprint density at radius 1 is 1.08 bits per heavy atom. The highest BCUT2D eigenvalue weighted by Gasteiger charge is 2.03. The summed E-state index contributed by atoms with van der Waals surface area (Å²) in [5, 5.41) is 2.80. The second kappa shape index (κ2) is 11.0. The molecule has 1 amide bonds. The lowest BCUT2D eigenvalue weighted by Gasteiger charge is -2.08. The molecule has 1 N–H and O–H groups in total. The molecule has 0 aliphatic carbocycles. The van der Waals surface area contributed by atoms with Crippen molar-refractivity contribution < 1.29 is 26.9 Å². The van der Waals surface area contributed by atoms with Crippen molar-refractivity contribution in [2.24, 2.45) is 0 Å². The van der Waals surface area contributed by atoms with Gasteiger partial charge >= 0.3 is 0 Å². The van der Waals surface area contributed by atoms with Crippen LogP contribution in [-0.4, -0.2) is 47.0 Å². The molecular weight excluding hydrogens is 334 g/mol. The molecular formula is C16H25NO6S. The van der Waals surface area contributed by atoms with E-state index in [1.165, 1.54) is 0 Å². The van der Waals surface area contributed by atoms with Crippen LogP contribution in [0, 0.1) is 0 Å². The van der Waals surface area contributed by atoms with Crippen molar-refractivity contribution in [3.63, 3.8) is 0 Å². The Morgan fingerprint density at radius 3 is 2.42 bits per heavy atom. The van der Waals surface area contributed by atoms with Crippen molar-refractivity contribution in [1.82, 2.24) is 0 Å². The van der Waals surface area contributed by atoms with E-state index in [2.05, 4.69) is 9.50 Å². The Bertz CT molecular complexity index is 585. The predicted octanol–water partition coefficient (Wildman–Crippen LogP) is 2.19. The predicted molar refractivity (Wildman–Crippen MR) is 91.7 cm³/mol. The van der Waals surface area contributed by atoms with Gasteiger partial charge in [0.25, 0.3) is 10.1 Å². The molecule has 0 saturated heterocycles. The Kier molecular flexibility index (Phi) is 9.36. The highest BCUT2D eigenvalue weighted by molar-refractivity contribution is 7.85. The second-order valence-corrected chi connectivity index (χ2v) is 6.75. The standard InChI is InChI=1S/C16H25NO6S/c1-3-21-11-4-6-16(18)17-14-7-9-15(10-8-14)22-12-5-13-23-24(2,19)20/h7-10H,3-6,11-13H2,1-2H3,(H,17,18). The molecule has 24 heavy (non-hydrogen) atoms. The minimum atomic E-state index is -3.40. The van der Waals surface area contributed by atoms with Gasteiger partial charge < -0.3 is 14.8 Å². The Balaban J connectivity index is 2.24. The van der Waals surface area contributed by atoms with Gasteiger partial charge in [-0.1, -0.05) is 0 Å². The summed E-state index contributed by atoms with van der Waals surface area (Å²) in [6, 6.07) is 6.99. The van der Waals surface area contributed by atoms with Crippen LogP contribution in [0.4, 0.5) is 5.69 Å². The SMILES string of the molecule is CCOCCCC(=O)Nc1ccc(OCCCOS(C)(=O)=O)cc1. The fraction of sp³-hybridized carbons (Fsp3) is 0.562. The van der Waals surface area contributed by atoms with Crippen molar-refractivity contribution in [3.8, 4) is 5.75 Å². The first kappa shape index (κ1) is 20.4. The van der Waals surface area contributed by atoms with Crippen molar-refractivity contribution in [3.05, 3.63) is 24.3 Å². The highest BCUT2D eigenvalue weighted by Crippen LogP contribution is 2.16. The van der Waals surface area contributed by atoms with E-state index in [-0.39, 0.29) is 12.5 Å². The molecule has 0 aliphatic rings. The normalized spacial score (nSPS) is 11.2. The molecule has 1 rings (SSSR count). The summed E-state index contributed by atoms with van der Waals surface area (Å²) in [6.07, 6.45) is 2.58. The number of hydrogen-bond donors (Lipinski definition) is 1. The zero-order valence-corrected chi connectivity index (χ0v) is 14.9. The second-order valence-electron chi connectivity index (χ2n) is 5.10. The first-order valence-corrected chi connectivity index (χ1v) is 9.67. The van der Waals surface area contributed by atoms with Crippen molar-refractivity contribution in [1.29, 1.82) is 0 Å². The lowest BCUT2D eigenvalue weighted by molar-refractivity contribution is -0.116. The number of carbonyl (C=O) groups excluding carboxylic acids is 1. The van der Waals surface area contributed by atoms with Crippen molar-refractivity contribution >= 4 is 21.7 Å². The van der Waals surface area contributed by atoms with E-state index in [1.54, 1.807) is 24.3 Å². The minimum absolute atomic E-state index is 0.0544. The van der Waals surface area contributed by atoms with Crippen LogP contribution in [0.3, 0.4) is 0 Å². The third kappa shape index (κ3) is 10.2. The quantitative estimate of drug-likeness (QED) is 0.454. The van der Waals surface area contributed by atoms with Gasteiger partial charge in [0.15, 0.2) is 0 Å². The van der Waals surface area contributed by atoms with Gasteiger partial charge in [-0.2, -0.15) is 8.42 Å². The molecule has 0 heterocycles. The van der Waals surface area contributed by atoms with E-state index >= 15 is 0 Å². The first-order valence-electron chi connectivity index (χ1n) is 7.85. The number of anilines is 1. The van der Waals surface area contributed by atoms with Gasteiger partial charge in [-0.15, -0.1) is 0 Å². The van der Waals surface area contributed by atoms with Gasteiger partial charge in [0, 0.05) is 31.7 Å². The molecule has 1 aromatic carbocycles. The lowest BCUT2D eigenvalue weighted by atomic mass is 10.2. The van der Waals surface area contributed by atoms with Gasteiger partial charge in [0.05, 0.1) is 19.5 Å². The van der Waals surface area contributed by atoms with Crippen LogP contribution < -0.4 is 10.1 Å². The van der Waals surface area contributed by atoms with Crippen LogP contribution in [0.2, 0.25) is 0 Å². The third-order valence-corrected chi connectivity index (χ3v) is 3.48. The largest absolute Gasteiger partial charge is 0.494 e. The van der Waals surface area contributed by atoms with E-state index in [4.69, 9.17) is 9.47 Å². The molecule has 0 bridgehead atoms. The number of hydrogen-bond acceptors (Lipinski definition) is 6. The third-order valence-electron chi connectivity index (χ3n) is 2.89. The number of nitrogens with one attached hydrogen (secondary N) is 1. The van der Waals surface area contributed by atoms with Crippen LogP contribution in [0.5, 0.6) is 5.75 Å². The zero-order valence-electron chi connectivity index (χ0n) is 14.1. The molecule has 136 valence electrons. The molecule has 7 nitrogen and oxygen atoms in total. The van der Waals surface area contributed by atoms with E-state index in [9.17, 15) is 13.2 Å². The number of benzene rings is 1. The fourth-order valence-electron chi connectivity index (χ4n) is 1.80. The first-order chi connectivity index (χ1) is 11.4. The highest BCUT2D eigenvalue weighted by atomic mass is 32.2. The summed E-state index contributed by atoms with van der Waals surface area (Å²) < 4.78 is 36.8. The van der Waals surface area contributed by atoms with Gasteiger partial charge in [-0.25, -0.2) is 0 Å². The van der Waals surface area contributed by atoms with E-state index in [0.717, 1.165) is 6.26 Å². The van der Waals surface area contributed by atoms with Crippen molar-refractivity contribution in [2.45, 2.75) is 26.2 Å². The molecule has 8 heteroatoms. The zero-order chi connectivity index (χ0) is 17.8. The summed E-state index contributed by atoms with van der Waals surface area (Å²) >= 11 is 0. The van der Waals surface area contributed by atoms with Crippen LogP contribution in [-0.2, 0) is 23.8 Å². The fourth-order valence-corrected chi connectivity index (χ4v) is 2.22. The summed E-state index contributed by atoms with van der Waals surface area (Å²) in [5.41, 5.74) is 0.698. The van der Waals surface area contributed by atoms with Crippen molar-refractivity contribution in [2.75, 3.05) is 38.0 Å². The van der Waals surface area contributed by atoms with Crippen LogP contribution in [0.1, 0.15) is 26.2 Å².